The van der Waals surface area contributed by atoms with E-state index in [-0.39, 0.29) is 10.6 Å². The van der Waals surface area contributed by atoms with E-state index in [4.69, 9.17) is 17.4 Å². The third kappa shape index (κ3) is 3.30. The number of hydrazine groups is 1. The molecule has 0 aliphatic rings. The number of nitrogens with two attached hydrogens (primary N) is 1. The Labute approximate surface area is 119 Å². The predicted octanol–water partition coefficient (Wildman–Crippen LogP) is 3.50. The van der Waals surface area contributed by atoms with Crippen LogP contribution in [0, 0.1) is 17.5 Å². The van der Waals surface area contributed by atoms with Crippen molar-refractivity contribution in [2.75, 3.05) is 0 Å². The molecule has 0 aliphatic carbocycles. The zero-order chi connectivity index (χ0) is 14.7. The minimum atomic E-state index is -0.693. The molecule has 2 aromatic rings. The zero-order valence-electron chi connectivity index (χ0n) is 10.3. The lowest BCUT2D eigenvalue weighted by Crippen LogP contribution is -2.30. The Kier molecular flexibility index (Phi) is 4.65. The second kappa shape index (κ2) is 6.26. The molecule has 3 N–H and O–H groups in total. The van der Waals surface area contributed by atoms with Crippen LogP contribution in [0.1, 0.15) is 17.2 Å². The fourth-order valence-corrected chi connectivity index (χ4v) is 2.15. The quantitative estimate of drug-likeness (QED) is 0.670. The fourth-order valence-electron chi connectivity index (χ4n) is 1.95. The van der Waals surface area contributed by atoms with E-state index < -0.39 is 23.5 Å². The first-order chi connectivity index (χ1) is 9.51. The Hall–Kier alpha value is -1.56. The molecule has 0 saturated carbocycles. The van der Waals surface area contributed by atoms with Crippen molar-refractivity contribution in [1.82, 2.24) is 5.43 Å². The Balaban J connectivity index is 2.26. The average Bonchev–Trinajstić information content (AvgIpc) is 2.41. The normalized spacial score (nSPS) is 12.4. The molecule has 0 bridgehead atoms. The minimum Gasteiger partial charge on any atom is -0.271 e. The number of benzene rings is 2. The van der Waals surface area contributed by atoms with Crippen LogP contribution in [0.25, 0.3) is 0 Å². The van der Waals surface area contributed by atoms with Gasteiger partial charge in [0.25, 0.3) is 0 Å². The maximum Gasteiger partial charge on any atom is 0.141 e. The van der Waals surface area contributed by atoms with Gasteiger partial charge in [0.05, 0.1) is 11.1 Å². The first-order valence-corrected chi connectivity index (χ1v) is 6.24. The van der Waals surface area contributed by atoms with Gasteiger partial charge in [0.15, 0.2) is 0 Å². The zero-order valence-corrected chi connectivity index (χ0v) is 11.1. The summed E-state index contributed by atoms with van der Waals surface area (Å²) in [6.45, 7) is 0. The molecule has 0 aromatic heterocycles. The largest absolute Gasteiger partial charge is 0.271 e. The van der Waals surface area contributed by atoms with Crippen LogP contribution in [0.5, 0.6) is 0 Å². The van der Waals surface area contributed by atoms with Crippen molar-refractivity contribution in [3.05, 3.63) is 70.0 Å². The predicted molar refractivity (Wildman–Crippen MR) is 71.5 cm³/mol. The van der Waals surface area contributed by atoms with E-state index in [0.717, 1.165) is 12.1 Å². The molecule has 20 heavy (non-hydrogen) atoms. The number of nitrogens with one attached hydrogen (secondary N) is 1. The van der Waals surface area contributed by atoms with Gasteiger partial charge in [-0.3, -0.25) is 11.3 Å². The summed E-state index contributed by atoms with van der Waals surface area (Å²) >= 11 is 5.69. The first-order valence-electron chi connectivity index (χ1n) is 5.86. The molecule has 2 rings (SSSR count). The molecule has 0 radical (unpaired) electrons. The number of rotatable bonds is 4. The SMILES string of the molecule is NNC(Cc1ccc(F)c(Cl)c1)c1ccc(F)cc1F. The van der Waals surface area contributed by atoms with E-state index in [1.165, 1.54) is 24.3 Å². The molecule has 0 amide bonds. The van der Waals surface area contributed by atoms with Crippen LogP contribution < -0.4 is 11.3 Å². The maximum atomic E-state index is 13.7. The van der Waals surface area contributed by atoms with Crippen LogP contribution in [0.15, 0.2) is 36.4 Å². The van der Waals surface area contributed by atoms with Gasteiger partial charge < -0.3 is 0 Å². The van der Waals surface area contributed by atoms with Crippen molar-refractivity contribution in [3.63, 3.8) is 0 Å². The second-order valence-electron chi connectivity index (χ2n) is 4.34. The highest BCUT2D eigenvalue weighted by Gasteiger charge is 2.16. The lowest BCUT2D eigenvalue weighted by Gasteiger charge is -2.17. The van der Waals surface area contributed by atoms with E-state index in [0.29, 0.717) is 12.0 Å². The number of halogens is 4. The van der Waals surface area contributed by atoms with Crippen LogP contribution in [0.3, 0.4) is 0 Å². The molecule has 0 spiro atoms. The molecule has 106 valence electrons. The fraction of sp³-hybridized carbons (Fsp3) is 0.143. The highest BCUT2D eigenvalue weighted by atomic mass is 35.5. The summed E-state index contributed by atoms with van der Waals surface area (Å²) in [7, 11) is 0. The van der Waals surface area contributed by atoms with E-state index in [2.05, 4.69) is 5.43 Å². The molecule has 0 heterocycles. The van der Waals surface area contributed by atoms with Crippen molar-refractivity contribution in [1.29, 1.82) is 0 Å². The van der Waals surface area contributed by atoms with Crippen molar-refractivity contribution in [3.8, 4) is 0 Å². The smallest absolute Gasteiger partial charge is 0.141 e. The van der Waals surface area contributed by atoms with Crippen LogP contribution in [0.4, 0.5) is 13.2 Å². The minimum absolute atomic E-state index is 0.0159. The Morgan fingerprint density at radius 2 is 1.80 bits per heavy atom. The van der Waals surface area contributed by atoms with Gasteiger partial charge in [-0.05, 0) is 30.2 Å². The molecule has 1 atom stereocenters. The van der Waals surface area contributed by atoms with E-state index >= 15 is 0 Å². The van der Waals surface area contributed by atoms with Gasteiger partial charge in [-0.25, -0.2) is 13.2 Å². The van der Waals surface area contributed by atoms with Gasteiger partial charge in [0, 0.05) is 11.6 Å². The van der Waals surface area contributed by atoms with Gasteiger partial charge in [0.1, 0.15) is 17.5 Å². The van der Waals surface area contributed by atoms with Crippen molar-refractivity contribution >= 4 is 11.6 Å². The Bertz CT molecular complexity index is 619. The maximum absolute atomic E-state index is 13.7. The van der Waals surface area contributed by atoms with Crippen molar-refractivity contribution in [2.45, 2.75) is 12.5 Å². The summed E-state index contributed by atoms with van der Waals surface area (Å²) in [6, 6.07) is 6.90. The highest BCUT2D eigenvalue weighted by molar-refractivity contribution is 6.30. The monoisotopic (exact) mass is 300 g/mol. The molecule has 1 unspecified atom stereocenters. The average molecular weight is 301 g/mol. The summed E-state index contributed by atoms with van der Waals surface area (Å²) in [6.07, 6.45) is 0.291. The Morgan fingerprint density at radius 1 is 1.05 bits per heavy atom. The van der Waals surface area contributed by atoms with Gasteiger partial charge in [-0.1, -0.05) is 23.7 Å². The molecule has 2 nitrogen and oxygen atoms in total. The lowest BCUT2D eigenvalue weighted by molar-refractivity contribution is 0.502. The van der Waals surface area contributed by atoms with Gasteiger partial charge in [-0.2, -0.15) is 0 Å². The van der Waals surface area contributed by atoms with E-state index in [9.17, 15) is 13.2 Å². The molecule has 0 fully saturated rings. The van der Waals surface area contributed by atoms with Crippen LogP contribution in [-0.4, -0.2) is 0 Å². The van der Waals surface area contributed by atoms with Crippen LogP contribution in [-0.2, 0) is 6.42 Å². The summed E-state index contributed by atoms with van der Waals surface area (Å²) in [5, 5.41) is -0.0159. The topological polar surface area (TPSA) is 38.0 Å². The molecule has 6 heteroatoms. The number of hydrogen-bond acceptors (Lipinski definition) is 2. The lowest BCUT2D eigenvalue weighted by atomic mass is 9.99. The standard InChI is InChI=1S/C14H12ClF3N2/c15-11-5-8(1-4-12(11)17)6-14(20-19)10-3-2-9(16)7-13(10)18/h1-5,7,14,20H,6,19H2. The van der Waals surface area contributed by atoms with Crippen molar-refractivity contribution < 1.29 is 13.2 Å². The third-order valence-corrected chi connectivity index (χ3v) is 3.25. The van der Waals surface area contributed by atoms with E-state index in [1.807, 2.05) is 0 Å². The summed E-state index contributed by atoms with van der Waals surface area (Å²) < 4.78 is 39.7. The number of hydrogen-bond donors (Lipinski definition) is 2. The Morgan fingerprint density at radius 3 is 2.40 bits per heavy atom. The molecular formula is C14H12ClF3N2. The van der Waals surface area contributed by atoms with Crippen molar-refractivity contribution in [2.24, 2.45) is 5.84 Å². The van der Waals surface area contributed by atoms with Crippen LogP contribution >= 0.6 is 11.6 Å². The van der Waals surface area contributed by atoms with Crippen LogP contribution in [0.2, 0.25) is 5.02 Å². The van der Waals surface area contributed by atoms with Gasteiger partial charge in [-0.15, -0.1) is 0 Å². The summed E-state index contributed by atoms with van der Waals surface area (Å²) in [4.78, 5) is 0. The second-order valence-corrected chi connectivity index (χ2v) is 4.74. The summed E-state index contributed by atoms with van der Waals surface area (Å²) in [5.74, 6) is 3.53. The first kappa shape index (κ1) is 14.8. The third-order valence-electron chi connectivity index (χ3n) is 2.96. The highest BCUT2D eigenvalue weighted by Crippen LogP contribution is 2.24. The van der Waals surface area contributed by atoms with Gasteiger partial charge >= 0.3 is 0 Å². The summed E-state index contributed by atoms with van der Waals surface area (Å²) in [5.41, 5.74) is 3.38. The molecular weight excluding hydrogens is 289 g/mol. The molecule has 2 aromatic carbocycles. The molecule has 0 saturated heterocycles. The van der Waals surface area contributed by atoms with Gasteiger partial charge in [0.2, 0.25) is 0 Å². The molecule has 0 aliphatic heterocycles. The van der Waals surface area contributed by atoms with E-state index in [1.54, 1.807) is 0 Å².